The van der Waals surface area contributed by atoms with E-state index in [4.69, 9.17) is 23.1 Å². The predicted octanol–water partition coefficient (Wildman–Crippen LogP) is 2.00. The van der Waals surface area contributed by atoms with Gasteiger partial charge in [0.1, 0.15) is 0 Å². The molecule has 1 saturated heterocycles. The maximum Gasteiger partial charge on any atom is 0.250 e. The second-order valence-corrected chi connectivity index (χ2v) is 5.55. The number of nitrogens with two attached hydrogens (primary N) is 2. The molecular weight excluding hydrogens is 262 g/mol. The number of benzene rings is 1. The second-order valence-electron chi connectivity index (χ2n) is 5.14. The summed E-state index contributed by atoms with van der Waals surface area (Å²) >= 11 is 6.11. The molecule has 1 heterocycles. The molecule has 4 N–H and O–H groups in total. The van der Waals surface area contributed by atoms with Crippen molar-refractivity contribution in [1.82, 2.24) is 0 Å². The van der Waals surface area contributed by atoms with Crippen molar-refractivity contribution in [3.8, 4) is 0 Å². The first-order valence-corrected chi connectivity index (χ1v) is 6.98. The largest absolute Gasteiger partial charge is 0.367 e. The maximum absolute atomic E-state index is 11.2. The van der Waals surface area contributed by atoms with Crippen molar-refractivity contribution in [1.29, 1.82) is 0 Å². The SMILES string of the molecule is CC1CCCN(c2ccc(C(N)=O)c(Cl)c2)C1CN. The Morgan fingerprint density at radius 1 is 1.53 bits per heavy atom. The van der Waals surface area contributed by atoms with Gasteiger partial charge in [-0.3, -0.25) is 4.79 Å². The molecule has 1 aliphatic rings. The van der Waals surface area contributed by atoms with Gasteiger partial charge in [-0.1, -0.05) is 18.5 Å². The number of anilines is 1. The van der Waals surface area contributed by atoms with E-state index in [2.05, 4.69) is 11.8 Å². The normalized spacial score (nSPS) is 23.4. The van der Waals surface area contributed by atoms with Crippen LogP contribution in [0.4, 0.5) is 5.69 Å². The van der Waals surface area contributed by atoms with E-state index in [-0.39, 0.29) is 0 Å². The fourth-order valence-electron chi connectivity index (χ4n) is 2.81. The Bertz CT molecular complexity index is 478. The van der Waals surface area contributed by atoms with Crippen LogP contribution in [0.25, 0.3) is 0 Å². The number of halogens is 1. The third-order valence-corrected chi connectivity index (χ3v) is 4.22. The van der Waals surface area contributed by atoms with Crippen molar-refractivity contribution < 1.29 is 4.79 Å². The van der Waals surface area contributed by atoms with Crippen molar-refractivity contribution >= 4 is 23.2 Å². The lowest BCUT2D eigenvalue weighted by atomic mass is 9.90. The quantitative estimate of drug-likeness (QED) is 0.890. The summed E-state index contributed by atoms with van der Waals surface area (Å²) in [4.78, 5) is 13.5. The van der Waals surface area contributed by atoms with Crippen molar-refractivity contribution in [3.05, 3.63) is 28.8 Å². The number of carbonyl (C=O) groups is 1. The summed E-state index contributed by atoms with van der Waals surface area (Å²) < 4.78 is 0. The van der Waals surface area contributed by atoms with Crippen LogP contribution in [0, 0.1) is 5.92 Å². The van der Waals surface area contributed by atoms with Gasteiger partial charge in [0.25, 0.3) is 0 Å². The van der Waals surface area contributed by atoms with Crippen LogP contribution in [-0.4, -0.2) is 25.0 Å². The molecule has 0 bridgehead atoms. The summed E-state index contributed by atoms with van der Waals surface area (Å²) in [6.45, 7) is 3.82. The number of piperidine rings is 1. The van der Waals surface area contributed by atoms with Crippen LogP contribution in [0.1, 0.15) is 30.1 Å². The fraction of sp³-hybridized carbons (Fsp3) is 0.500. The molecule has 5 heteroatoms. The highest BCUT2D eigenvalue weighted by Crippen LogP contribution is 2.30. The topological polar surface area (TPSA) is 72.3 Å². The first-order valence-electron chi connectivity index (χ1n) is 6.60. The summed E-state index contributed by atoms with van der Waals surface area (Å²) in [6.07, 6.45) is 2.35. The third-order valence-electron chi connectivity index (χ3n) is 3.91. The summed E-state index contributed by atoms with van der Waals surface area (Å²) in [5.74, 6) is 0.0623. The Balaban J connectivity index is 2.30. The second kappa shape index (κ2) is 5.80. The molecule has 0 spiro atoms. The molecule has 4 nitrogen and oxygen atoms in total. The zero-order chi connectivity index (χ0) is 14.0. The Morgan fingerprint density at radius 3 is 2.84 bits per heavy atom. The minimum Gasteiger partial charge on any atom is -0.367 e. The van der Waals surface area contributed by atoms with Gasteiger partial charge in [0.05, 0.1) is 10.6 Å². The highest BCUT2D eigenvalue weighted by Gasteiger charge is 2.27. The van der Waals surface area contributed by atoms with Crippen molar-refractivity contribution in [3.63, 3.8) is 0 Å². The molecule has 1 aliphatic heterocycles. The molecule has 2 unspecified atom stereocenters. The zero-order valence-corrected chi connectivity index (χ0v) is 11.9. The van der Waals surface area contributed by atoms with Crippen LogP contribution in [-0.2, 0) is 0 Å². The van der Waals surface area contributed by atoms with Gasteiger partial charge in [-0.25, -0.2) is 0 Å². The molecule has 1 amide bonds. The van der Waals surface area contributed by atoms with Gasteiger partial charge in [-0.15, -0.1) is 0 Å². The summed E-state index contributed by atoms with van der Waals surface area (Å²) in [5.41, 5.74) is 12.5. The van der Waals surface area contributed by atoms with E-state index >= 15 is 0 Å². The highest BCUT2D eigenvalue weighted by molar-refractivity contribution is 6.34. The van der Waals surface area contributed by atoms with Crippen molar-refractivity contribution in [2.45, 2.75) is 25.8 Å². The van der Waals surface area contributed by atoms with E-state index in [1.165, 1.54) is 6.42 Å². The van der Waals surface area contributed by atoms with Gasteiger partial charge in [-0.05, 0) is 37.0 Å². The molecule has 1 fully saturated rings. The Kier molecular flexibility index (Phi) is 4.32. The molecule has 0 aromatic heterocycles. The van der Waals surface area contributed by atoms with Gasteiger partial charge in [0.15, 0.2) is 0 Å². The molecule has 0 saturated carbocycles. The highest BCUT2D eigenvalue weighted by atomic mass is 35.5. The lowest BCUT2D eigenvalue weighted by Crippen LogP contribution is -2.48. The van der Waals surface area contributed by atoms with E-state index in [0.717, 1.165) is 18.7 Å². The molecule has 0 aliphatic carbocycles. The van der Waals surface area contributed by atoms with Gasteiger partial charge in [-0.2, -0.15) is 0 Å². The molecule has 0 radical (unpaired) electrons. The average Bonchev–Trinajstić information content (AvgIpc) is 2.37. The van der Waals surface area contributed by atoms with Crippen LogP contribution in [0.3, 0.4) is 0 Å². The van der Waals surface area contributed by atoms with Crippen LogP contribution < -0.4 is 16.4 Å². The van der Waals surface area contributed by atoms with E-state index in [9.17, 15) is 4.79 Å². The first-order chi connectivity index (χ1) is 9.04. The van der Waals surface area contributed by atoms with Gasteiger partial charge < -0.3 is 16.4 Å². The third kappa shape index (κ3) is 2.85. The van der Waals surface area contributed by atoms with Gasteiger partial charge in [0, 0.05) is 24.8 Å². The standard InChI is InChI=1S/C14H20ClN3O/c1-9-3-2-6-18(13(9)8-16)10-4-5-11(14(17)19)12(15)7-10/h4-5,7,9,13H,2-3,6,8,16H2,1H3,(H2,17,19). The smallest absolute Gasteiger partial charge is 0.250 e. The monoisotopic (exact) mass is 281 g/mol. The number of amides is 1. The van der Waals surface area contributed by atoms with Gasteiger partial charge in [0.2, 0.25) is 5.91 Å². The number of primary amides is 1. The van der Waals surface area contributed by atoms with E-state index in [1.807, 2.05) is 12.1 Å². The molecule has 19 heavy (non-hydrogen) atoms. The zero-order valence-electron chi connectivity index (χ0n) is 11.1. The van der Waals surface area contributed by atoms with Crippen LogP contribution in [0.2, 0.25) is 5.02 Å². The van der Waals surface area contributed by atoms with E-state index in [1.54, 1.807) is 6.07 Å². The van der Waals surface area contributed by atoms with E-state index < -0.39 is 5.91 Å². The van der Waals surface area contributed by atoms with Crippen LogP contribution >= 0.6 is 11.6 Å². The summed E-state index contributed by atoms with van der Waals surface area (Å²) in [7, 11) is 0. The van der Waals surface area contributed by atoms with E-state index in [0.29, 0.717) is 29.1 Å². The number of rotatable bonds is 3. The molecule has 1 aromatic rings. The lowest BCUT2D eigenvalue weighted by Gasteiger charge is -2.41. The number of carbonyl (C=O) groups excluding carboxylic acids is 1. The Labute approximate surface area is 118 Å². The lowest BCUT2D eigenvalue weighted by molar-refractivity contribution is 0.100. The first kappa shape index (κ1) is 14.2. The van der Waals surface area contributed by atoms with Crippen LogP contribution in [0.5, 0.6) is 0 Å². The number of nitrogens with zero attached hydrogens (tertiary/aromatic N) is 1. The number of hydrogen-bond donors (Lipinski definition) is 2. The minimum atomic E-state index is -0.501. The van der Waals surface area contributed by atoms with Crippen molar-refractivity contribution in [2.24, 2.45) is 17.4 Å². The maximum atomic E-state index is 11.2. The predicted molar refractivity (Wildman–Crippen MR) is 78.6 cm³/mol. The Morgan fingerprint density at radius 2 is 2.26 bits per heavy atom. The number of hydrogen-bond acceptors (Lipinski definition) is 3. The average molecular weight is 282 g/mol. The van der Waals surface area contributed by atoms with Crippen LogP contribution in [0.15, 0.2) is 18.2 Å². The summed E-state index contributed by atoms with van der Waals surface area (Å²) in [6, 6.07) is 5.71. The molecule has 104 valence electrons. The molecule has 2 rings (SSSR count). The fourth-order valence-corrected chi connectivity index (χ4v) is 3.08. The molecular formula is C14H20ClN3O. The Hall–Kier alpha value is -1.26. The summed E-state index contributed by atoms with van der Waals surface area (Å²) in [5, 5.41) is 0.402. The molecule has 2 atom stereocenters. The molecule has 1 aromatic carbocycles. The minimum absolute atomic E-state index is 0.323. The van der Waals surface area contributed by atoms with Crippen molar-refractivity contribution in [2.75, 3.05) is 18.0 Å². The van der Waals surface area contributed by atoms with Gasteiger partial charge >= 0.3 is 0 Å².